The Kier molecular flexibility index (Phi) is 4.24. The number of nitrogens with one attached hydrogen (secondary N) is 1. The summed E-state index contributed by atoms with van der Waals surface area (Å²) in [6, 6.07) is 16.9. The molecule has 0 aliphatic carbocycles. The van der Waals surface area contributed by atoms with Crippen molar-refractivity contribution in [2.75, 3.05) is 24.5 Å². The Balaban J connectivity index is 1.76. The zero-order valence-corrected chi connectivity index (χ0v) is 12.2. The van der Waals surface area contributed by atoms with Crippen molar-refractivity contribution >= 4 is 17.3 Å². The van der Waals surface area contributed by atoms with Gasteiger partial charge in [-0.15, -0.1) is 0 Å². The monoisotopic (exact) mass is 286 g/mol. The molecule has 1 N–H and O–H groups in total. The van der Waals surface area contributed by atoms with Crippen LogP contribution >= 0.6 is 11.6 Å². The normalized spacial score (nSPS) is 14.8. The summed E-state index contributed by atoms with van der Waals surface area (Å²) in [6.07, 6.45) is 1.07. The first-order valence-electron chi connectivity index (χ1n) is 7.11. The maximum absolute atomic E-state index is 6.10. The second-order valence-corrected chi connectivity index (χ2v) is 5.61. The first-order chi connectivity index (χ1) is 9.83. The highest BCUT2D eigenvalue weighted by Gasteiger charge is 2.14. The molecule has 0 atom stereocenters. The summed E-state index contributed by atoms with van der Waals surface area (Å²) in [5, 5.41) is 4.27. The molecule has 0 saturated heterocycles. The first-order valence-corrected chi connectivity index (χ1v) is 7.49. The van der Waals surface area contributed by atoms with E-state index >= 15 is 0 Å². The standard InChI is InChI=1S/C17H19ClN2/c18-16-6-7-17-15(12-16)13-19-9-11-20(17)10-8-14-4-2-1-3-5-14/h1-7,12,19H,8-11,13H2. The van der Waals surface area contributed by atoms with E-state index < -0.39 is 0 Å². The van der Waals surface area contributed by atoms with E-state index in [-0.39, 0.29) is 0 Å². The number of hydrogen-bond donors (Lipinski definition) is 1. The zero-order chi connectivity index (χ0) is 13.8. The van der Waals surface area contributed by atoms with Gasteiger partial charge in [-0.1, -0.05) is 41.9 Å². The molecule has 0 bridgehead atoms. The second kappa shape index (κ2) is 6.29. The van der Waals surface area contributed by atoms with Crippen LogP contribution < -0.4 is 10.2 Å². The van der Waals surface area contributed by atoms with E-state index in [4.69, 9.17) is 11.6 Å². The number of anilines is 1. The third-order valence-corrected chi connectivity index (χ3v) is 4.00. The summed E-state index contributed by atoms with van der Waals surface area (Å²) in [7, 11) is 0. The molecule has 1 heterocycles. The smallest absolute Gasteiger partial charge is 0.0413 e. The Morgan fingerprint density at radius 3 is 2.80 bits per heavy atom. The highest BCUT2D eigenvalue weighted by atomic mass is 35.5. The van der Waals surface area contributed by atoms with Gasteiger partial charge in [0.15, 0.2) is 0 Å². The van der Waals surface area contributed by atoms with Crippen LogP contribution in [0.25, 0.3) is 0 Å². The van der Waals surface area contributed by atoms with Gasteiger partial charge in [-0.05, 0) is 35.7 Å². The molecule has 20 heavy (non-hydrogen) atoms. The quantitative estimate of drug-likeness (QED) is 0.929. The number of benzene rings is 2. The van der Waals surface area contributed by atoms with Crippen molar-refractivity contribution in [3.63, 3.8) is 0 Å². The Morgan fingerprint density at radius 1 is 1.10 bits per heavy atom. The molecule has 0 radical (unpaired) electrons. The number of nitrogens with zero attached hydrogens (tertiary/aromatic N) is 1. The van der Waals surface area contributed by atoms with Crippen molar-refractivity contribution in [1.29, 1.82) is 0 Å². The van der Waals surface area contributed by atoms with Crippen LogP contribution in [0.3, 0.4) is 0 Å². The van der Waals surface area contributed by atoms with E-state index in [0.717, 1.165) is 37.6 Å². The van der Waals surface area contributed by atoms with Crippen molar-refractivity contribution in [2.45, 2.75) is 13.0 Å². The average Bonchev–Trinajstić information content (AvgIpc) is 2.68. The van der Waals surface area contributed by atoms with Gasteiger partial charge in [0.25, 0.3) is 0 Å². The summed E-state index contributed by atoms with van der Waals surface area (Å²) in [4.78, 5) is 2.46. The molecule has 104 valence electrons. The number of fused-ring (bicyclic) bond motifs is 1. The van der Waals surface area contributed by atoms with Crippen LogP contribution in [-0.2, 0) is 13.0 Å². The molecule has 1 aliphatic heterocycles. The van der Waals surface area contributed by atoms with E-state index in [1.54, 1.807) is 0 Å². The molecule has 0 saturated carbocycles. The van der Waals surface area contributed by atoms with Crippen molar-refractivity contribution in [2.24, 2.45) is 0 Å². The predicted octanol–water partition coefficient (Wildman–Crippen LogP) is 3.49. The molecule has 3 heteroatoms. The first kappa shape index (κ1) is 13.5. The van der Waals surface area contributed by atoms with Crippen LogP contribution in [0, 0.1) is 0 Å². The summed E-state index contributed by atoms with van der Waals surface area (Å²) >= 11 is 6.10. The maximum Gasteiger partial charge on any atom is 0.0413 e. The summed E-state index contributed by atoms with van der Waals surface area (Å²) in [6.45, 7) is 4.00. The van der Waals surface area contributed by atoms with Crippen LogP contribution in [0.2, 0.25) is 5.02 Å². The molecule has 2 nitrogen and oxygen atoms in total. The minimum Gasteiger partial charge on any atom is -0.370 e. The molecule has 1 aliphatic rings. The lowest BCUT2D eigenvalue weighted by Crippen LogP contribution is -2.30. The fourth-order valence-electron chi connectivity index (χ4n) is 2.70. The molecule has 2 aromatic carbocycles. The van der Waals surface area contributed by atoms with Crippen molar-refractivity contribution in [1.82, 2.24) is 5.32 Å². The Hall–Kier alpha value is -1.51. The van der Waals surface area contributed by atoms with Crippen LogP contribution in [0.15, 0.2) is 48.5 Å². The molecule has 0 spiro atoms. The third-order valence-electron chi connectivity index (χ3n) is 3.77. The molecular weight excluding hydrogens is 268 g/mol. The van der Waals surface area contributed by atoms with Gasteiger partial charge in [0.2, 0.25) is 0 Å². The van der Waals surface area contributed by atoms with Gasteiger partial charge in [0.05, 0.1) is 0 Å². The van der Waals surface area contributed by atoms with Gasteiger partial charge >= 0.3 is 0 Å². The van der Waals surface area contributed by atoms with Crippen LogP contribution in [0.1, 0.15) is 11.1 Å². The molecular formula is C17H19ClN2. The lowest BCUT2D eigenvalue weighted by molar-refractivity contribution is 0.687. The Labute approximate surface area is 125 Å². The minimum atomic E-state index is 0.815. The topological polar surface area (TPSA) is 15.3 Å². The number of hydrogen-bond acceptors (Lipinski definition) is 2. The van der Waals surface area contributed by atoms with Crippen LogP contribution in [0.5, 0.6) is 0 Å². The van der Waals surface area contributed by atoms with E-state index in [9.17, 15) is 0 Å². The van der Waals surface area contributed by atoms with Crippen molar-refractivity contribution < 1.29 is 0 Å². The summed E-state index contributed by atoms with van der Waals surface area (Å²) < 4.78 is 0. The Bertz CT molecular complexity index is 568. The molecule has 0 unspecified atom stereocenters. The minimum absolute atomic E-state index is 0.815. The fourth-order valence-corrected chi connectivity index (χ4v) is 2.90. The van der Waals surface area contributed by atoms with Crippen molar-refractivity contribution in [3.05, 3.63) is 64.7 Å². The van der Waals surface area contributed by atoms with Gasteiger partial charge in [-0.25, -0.2) is 0 Å². The second-order valence-electron chi connectivity index (χ2n) is 5.17. The molecule has 3 rings (SSSR count). The van der Waals surface area contributed by atoms with Gasteiger partial charge in [-0.3, -0.25) is 0 Å². The largest absolute Gasteiger partial charge is 0.370 e. The lowest BCUT2D eigenvalue weighted by Gasteiger charge is -2.24. The van der Waals surface area contributed by atoms with E-state index in [2.05, 4.69) is 52.7 Å². The molecule has 0 aromatic heterocycles. The van der Waals surface area contributed by atoms with Crippen LogP contribution in [0.4, 0.5) is 5.69 Å². The lowest BCUT2D eigenvalue weighted by atomic mass is 10.1. The molecule has 0 fully saturated rings. The summed E-state index contributed by atoms with van der Waals surface area (Å²) in [5.74, 6) is 0. The number of rotatable bonds is 3. The maximum atomic E-state index is 6.10. The van der Waals surface area contributed by atoms with Crippen molar-refractivity contribution in [3.8, 4) is 0 Å². The van der Waals surface area contributed by atoms with Gasteiger partial charge in [-0.2, -0.15) is 0 Å². The van der Waals surface area contributed by atoms with Gasteiger partial charge < -0.3 is 10.2 Å². The molecule has 2 aromatic rings. The van der Waals surface area contributed by atoms with E-state index in [1.807, 2.05) is 6.07 Å². The zero-order valence-electron chi connectivity index (χ0n) is 11.5. The van der Waals surface area contributed by atoms with Gasteiger partial charge in [0, 0.05) is 36.9 Å². The third kappa shape index (κ3) is 3.14. The van der Waals surface area contributed by atoms with E-state index in [1.165, 1.54) is 16.8 Å². The average molecular weight is 287 g/mol. The SMILES string of the molecule is Clc1ccc2c(c1)CNCCN2CCc1ccccc1. The van der Waals surface area contributed by atoms with Gasteiger partial charge in [0.1, 0.15) is 0 Å². The highest BCUT2D eigenvalue weighted by molar-refractivity contribution is 6.30. The highest BCUT2D eigenvalue weighted by Crippen LogP contribution is 2.26. The fraction of sp³-hybridized carbons (Fsp3) is 0.294. The predicted molar refractivity (Wildman–Crippen MR) is 85.5 cm³/mol. The van der Waals surface area contributed by atoms with E-state index in [0.29, 0.717) is 0 Å². The van der Waals surface area contributed by atoms with Crippen LogP contribution in [-0.4, -0.2) is 19.6 Å². The Morgan fingerprint density at radius 2 is 1.95 bits per heavy atom. The molecule has 0 amide bonds. The summed E-state index contributed by atoms with van der Waals surface area (Å²) in [5.41, 5.74) is 4.00. The number of halogens is 1.